The second-order valence-electron chi connectivity index (χ2n) is 5.69. The van der Waals surface area contributed by atoms with Gasteiger partial charge in [0.25, 0.3) is 0 Å². The predicted octanol–water partition coefficient (Wildman–Crippen LogP) is 2.91. The van der Waals surface area contributed by atoms with Crippen LogP contribution in [0.25, 0.3) is 5.76 Å². The average Bonchev–Trinajstić information content (AvgIpc) is 2.90. The van der Waals surface area contributed by atoms with E-state index < -0.39 is 41.0 Å². The van der Waals surface area contributed by atoms with Crippen LogP contribution in [0, 0.1) is 0 Å². The van der Waals surface area contributed by atoms with E-state index in [1.165, 1.54) is 36.4 Å². The first-order valence-corrected chi connectivity index (χ1v) is 10.6. The van der Waals surface area contributed by atoms with Gasteiger partial charge in [-0.1, -0.05) is 23.7 Å². The molecule has 1 N–H and O–H groups in total. The Morgan fingerprint density at radius 3 is 2.27 bits per heavy atom. The fraction of sp³-hybridized carbons (Fsp3) is 0. The van der Waals surface area contributed by atoms with Gasteiger partial charge in [0.1, 0.15) is 15.6 Å². The van der Waals surface area contributed by atoms with Crippen LogP contribution < -0.4 is 0 Å². The summed E-state index contributed by atoms with van der Waals surface area (Å²) in [6.07, 6.45) is 0.718. The van der Waals surface area contributed by atoms with Crippen LogP contribution in [0.2, 0.25) is 5.02 Å². The van der Waals surface area contributed by atoms with Crippen LogP contribution in [-0.4, -0.2) is 27.7 Å². The minimum Gasteiger partial charge on any atom is -0.506 e. The summed E-state index contributed by atoms with van der Waals surface area (Å²) in [6.45, 7) is 0. The van der Waals surface area contributed by atoms with Crippen molar-refractivity contribution >= 4 is 42.8 Å². The van der Waals surface area contributed by atoms with E-state index in [0.717, 1.165) is 12.1 Å². The number of rotatable bonds is 1. The van der Waals surface area contributed by atoms with Gasteiger partial charge in [-0.25, -0.2) is 16.8 Å². The summed E-state index contributed by atoms with van der Waals surface area (Å²) in [5.41, 5.74) is -0.0311. The lowest BCUT2D eigenvalue weighted by Gasteiger charge is -2.01. The Morgan fingerprint density at radius 2 is 1.58 bits per heavy atom. The second-order valence-corrected chi connectivity index (χ2v) is 9.90. The van der Waals surface area contributed by atoms with Gasteiger partial charge in [-0.05, 0) is 36.4 Å². The van der Waals surface area contributed by atoms with Crippen molar-refractivity contribution in [2.45, 2.75) is 9.79 Å². The molecule has 0 bridgehead atoms. The van der Waals surface area contributed by atoms with Crippen LogP contribution in [0.1, 0.15) is 15.9 Å². The Morgan fingerprint density at radius 1 is 0.885 bits per heavy atom. The first-order chi connectivity index (χ1) is 12.2. The van der Waals surface area contributed by atoms with Crippen LogP contribution in [0.5, 0.6) is 0 Å². The molecule has 0 radical (unpaired) electrons. The molecule has 0 atom stereocenters. The number of aliphatic hydroxyl groups is 1. The highest BCUT2D eigenvalue weighted by Gasteiger charge is 2.42. The van der Waals surface area contributed by atoms with E-state index in [9.17, 15) is 26.7 Å². The molecule has 0 amide bonds. The minimum absolute atomic E-state index is 0.00149. The van der Waals surface area contributed by atoms with Crippen molar-refractivity contribution < 1.29 is 26.7 Å². The molecule has 6 nitrogen and oxygen atoms in total. The van der Waals surface area contributed by atoms with Crippen molar-refractivity contribution in [3.05, 3.63) is 74.5 Å². The predicted molar refractivity (Wildman–Crippen MR) is 94.2 cm³/mol. The van der Waals surface area contributed by atoms with E-state index in [1.54, 1.807) is 0 Å². The number of fused-ring (bicyclic) bond motifs is 2. The third kappa shape index (κ3) is 2.13. The maximum atomic E-state index is 12.7. The molecule has 2 aliphatic heterocycles. The summed E-state index contributed by atoms with van der Waals surface area (Å²) in [4.78, 5) is 10.7. The molecule has 2 heterocycles. The summed E-state index contributed by atoms with van der Waals surface area (Å²) >= 11 is 5.82. The van der Waals surface area contributed by atoms with Crippen molar-refractivity contribution in [3.63, 3.8) is 0 Å². The SMILES string of the molecule is O=C1C(=CC2=C(O)c3ccc(Cl)cc3S2(=O)=O)S(=O)(=O)c2ccccc21. The standard InChI is InChI=1S/C17H9ClO6S2/c18-9-5-6-11-13(7-9)26(23,24)15(17(11)20)8-14-16(19)10-3-1-2-4-12(10)25(14,21)22/h1-8,20H. The van der Waals surface area contributed by atoms with Gasteiger partial charge in [-0.3, -0.25) is 4.79 Å². The van der Waals surface area contributed by atoms with Crippen molar-refractivity contribution in [2.75, 3.05) is 0 Å². The van der Waals surface area contributed by atoms with Crippen molar-refractivity contribution in [3.8, 4) is 0 Å². The number of allylic oxidation sites excluding steroid dienone is 2. The monoisotopic (exact) mass is 408 g/mol. The molecule has 2 aromatic rings. The summed E-state index contributed by atoms with van der Waals surface area (Å²) in [5.74, 6) is -1.44. The molecule has 0 saturated heterocycles. The number of ketones is 1. The summed E-state index contributed by atoms with van der Waals surface area (Å²) in [5, 5.41) is 10.5. The van der Waals surface area contributed by atoms with E-state index in [2.05, 4.69) is 0 Å². The van der Waals surface area contributed by atoms with E-state index in [0.29, 0.717) is 0 Å². The molecule has 0 unspecified atom stereocenters. The largest absolute Gasteiger partial charge is 0.506 e. The van der Waals surface area contributed by atoms with Crippen LogP contribution in [0.4, 0.5) is 0 Å². The number of carbonyl (C=O) groups is 1. The fourth-order valence-electron chi connectivity index (χ4n) is 2.96. The lowest BCUT2D eigenvalue weighted by molar-refractivity contribution is 0.104. The first kappa shape index (κ1) is 17.0. The number of Topliss-reactive ketones (excluding diaryl/α,β-unsaturated/α-hetero) is 1. The van der Waals surface area contributed by atoms with Crippen LogP contribution in [-0.2, 0) is 19.7 Å². The molecular weight excluding hydrogens is 400 g/mol. The van der Waals surface area contributed by atoms with Gasteiger partial charge in [-0.2, -0.15) is 0 Å². The van der Waals surface area contributed by atoms with Gasteiger partial charge >= 0.3 is 0 Å². The van der Waals surface area contributed by atoms with Crippen LogP contribution >= 0.6 is 11.6 Å². The Balaban J connectivity index is 1.97. The summed E-state index contributed by atoms with van der Waals surface area (Å²) < 4.78 is 50.6. The van der Waals surface area contributed by atoms with Gasteiger partial charge in [0.15, 0.2) is 0 Å². The third-order valence-electron chi connectivity index (χ3n) is 4.21. The van der Waals surface area contributed by atoms with Crippen LogP contribution in [0.15, 0.2) is 68.1 Å². The summed E-state index contributed by atoms with van der Waals surface area (Å²) in [7, 11) is -8.39. The molecule has 2 aromatic carbocycles. The highest BCUT2D eigenvalue weighted by molar-refractivity contribution is 7.97. The number of aliphatic hydroxyl groups excluding tert-OH is 1. The number of sulfone groups is 2. The molecule has 0 spiro atoms. The van der Waals surface area contributed by atoms with Crippen molar-refractivity contribution in [2.24, 2.45) is 0 Å². The topological polar surface area (TPSA) is 106 Å². The first-order valence-electron chi connectivity index (χ1n) is 7.24. The quantitative estimate of drug-likeness (QED) is 0.727. The third-order valence-corrected chi connectivity index (χ3v) is 8.07. The molecule has 0 aliphatic carbocycles. The molecule has 0 aromatic heterocycles. The Hall–Kier alpha value is -2.42. The lowest BCUT2D eigenvalue weighted by Crippen LogP contribution is -2.06. The highest BCUT2D eigenvalue weighted by atomic mass is 35.5. The van der Waals surface area contributed by atoms with Crippen molar-refractivity contribution in [1.82, 2.24) is 0 Å². The maximum absolute atomic E-state index is 12.7. The van der Waals surface area contributed by atoms with E-state index in [1.807, 2.05) is 0 Å². The average molecular weight is 409 g/mol. The zero-order valence-electron chi connectivity index (χ0n) is 12.8. The highest BCUT2D eigenvalue weighted by Crippen LogP contribution is 2.42. The minimum atomic E-state index is -4.21. The smallest absolute Gasteiger partial charge is 0.211 e. The fourth-order valence-corrected chi connectivity index (χ4v) is 6.46. The van der Waals surface area contributed by atoms with Gasteiger partial charge < -0.3 is 5.11 Å². The zero-order chi connectivity index (χ0) is 18.9. The Labute approximate surface area is 153 Å². The van der Waals surface area contributed by atoms with E-state index in [-0.39, 0.29) is 25.9 Å². The zero-order valence-corrected chi connectivity index (χ0v) is 15.2. The lowest BCUT2D eigenvalue weighted by atomic mass is 10.1. The number of hydrogen-bond acceptors (Lipinski definition) is 6. The van der Waals surface area contributed by atoms with Gasteiger partial charge in [0.2, 0.25) is 25.5 Å². The summed E-state index contributed by atoms with van der Waals surface area (Å²) in [6, 6.07) is 9.47. The van der Waals surface area contributed by atoms with Crippen LogP contribution in [0.3, 0.4) is 0 Å². The second kappa shape index (κ2) is 5.29. The molecule has 4 rings (SSSR count). The number of hydrogen-bond donors (Lipinski definition) is 1. The van der Waals surface area contributed by atoms with Gasteiger partial charge in [-0.15, -0.1) is 0 Å². The number of carbonyl (C=O) groups excluding carboxylic acids is 1. The van der Waals surface area contributed by atoms with E-state index >= 15 is 0 Å². The molecule has 0 fully saturated rings. The molecular formula is C17H9ClO6S2. The van der Waals surface area contributed by atoms with Gasteiger partial charge in [0.05, 0.1) is 9.79 Å². The molecule has 0 saturated carbocycles. The Kier molecular flexibility index (Phi) is 3.46. The molecule has 2 aliphatic rings. The normalized spacial score (nSPS) is 21.1. The van der Waals surface area contributed by atoms with E-state index in [4.69, 9.17) is 11.6 Å². The van der Waals surface area contributed by atoms with Crippen molar-refractivity contribution in [1.29, 1.82) is 0 Å². The number of benzene rings is 2. The van der Waals surface area contributed by atoms with Gasteiger partial charge in [0, 0.05) is 16.1 Å². The molecule has 9 heteroatoms. The molecule has 132 valence electrons. The maximum Gasteiger partial charge on any atom is 0.211 e. The number of halogens is 1. The Bertz CT molecular complexity index is 1280. The molecule has 26 heavy (non-hydrogen) atoms.